The van der Waals surface area contributed by atoms with Crippen molar-refractivity contribution < 1.29 is 7.16 Å². The van der Waals surface area contributed by atoms with Gasteiger partial charge in [-0.05, 0) is 83.9 Å². The lowest BCUT2D eigenvalue weighted by molar-refractivity contribution is 0.669. The van der Waals surface area contributed by atoms with Crippen molar-refractivity contribution in [2.45, 2.75) is 0 Å². The van der Waals surface area contributed by atoms with Crippen LogP contribution in [0.2, 0.25) is 0 Å². The number of para-hydroxylation sites is 1. The minimum atomic E-state index is 0.392. The highest BCUT2D eigenvalue weighted by Gasteiger charge is 2.20. The van der Waals surface area contributed by atoms with Gasteiger partial charge in [0.25, 0.3) is 0 Å². The zero-order valence-corrected chi connectivity index (χ0v) is 23.3. The Hall–Kier alpha value is -5.66. The molecule has 0 amide bonds. The van der Waals surface area contributed by atoms with Crippen LogP contribution in [0.5, 0.6) is 0 Å². The highest BCUT2D eigenvalue weighted by atomic mass is 16.3. The van der Waals surface area contributed by atoms with Crippen molar-refractivity contribution in [3.05, 3.63) is 158 Å². The zero-order valence-electron chi connectivity index (χ0n) is 25.3. The summed E-state index contributed by atoms with van der Waals surface area (Å²) in [4.78, 5) is 0. The summed E-state index contributed by atoms with van der Waals surface area (Å²) in [5.41, 5.74) is 8.35. The van der Waals surface area contributed by atoms with Gasteiger partial charge in [0, 0.05) is 10.8 Å². The number of fused-ring (bicyclic) bond motifs is 6. The van der Waals surface area contributed by atoms with Crippen molar-refractivity contribution in [2.75, 3.05) is 0 Å². The summed E-state index contributed by atoms with van der Waals surface area (Å²) >= 11 is 0. The average Bonchev–Trinajstić information content (AvgIpc) is 3.48. The molecular formula is C42H26O. The molecule has 0 unspecified atom stereocenters. The molecule has 200 valence electrons. The summed E-state index contributed by atoms with van der Waals surface area (Å²) in [7, 11) is 0. The van der Waals surface area contributed by atoms with Crippen LogP contribution in [0.25, 0.3) is 87.6 Å². The van der Waals surface area contributed by atoms with Crippen LogP contribution in [0.15, 0.2) is 162 Å². The molecular weight excluding hydrogens is 520 g/mol. The van der Waals surface area contributed by atoms with Gasteiger partial charge in [0.05, 0.1) is 2.74 Å². The topological polar surface area (TPSA) is 13.1 Å². The molecule has 0 bridgehead atoms. The highest BCUT2D eigenvalue weighted by molar-refractivity contribution is 6.25. The lowest BCUT2D eigenvalue weighted by atomic mass is 9.84. The third-order valence-electron chi connectivity index (χ3n) is 8.72. The second-order valence-corrected chi connectivity index (χ2v) is 11.1. The molecule has 0 aliphatic heterocycles. The first-order valence-electron chi connectivity index (χ1n) is 15.6. The monoisotopic (exact) mass is 548 g/mol. The molecule has 0 aliphatic carbocycles. The Morgan fingerprint density at radius 1 is 0.419 bits per heavy atom. The summed E-state index contributed by atoms with van der Waals surface area (Å²) in [6.45, 7) is 0. The van der Waals surface area contributed by atoms with Gasteiger partial charge in [-0.25, -0.2) is 0 Å². The third-order valence-corrected chi connectivity index (χ3v) is 8.72. The molecule has 0 saturated heterocycles. The van der Waals surface area contributed by atoms with Gasteiger partial charge < -0.3 is 4.42 Å². The standard InChI is InChI=1S/C42H26O/c1-2-11-30-26-31(25-22-27(30)10-1)28-20-23-29(24-21-28)40-32-12-3-5-14-34(32)41(35-15-6-4-13-33(35)40)37-17-9-19-39-42(37)36-16-7-8-18-38(36)43-39/h1-26H/i1D,19D. The largest absolute Gasteiger partial charge is 0.456 e. The van der Waals surface area contributed by atoms with Crippen molar-refractivity contribution in [1.82, 2.24) is 0 Å². The van der Waals surface area contributed by atoms with Crippen molar-refractivity contribution in [3.8, 4) is 33.4 Å². The predicted octanol–water partition coefficient (Wildman–Crippen LogP) is 12.0. The molecule has 9 rings (SSSR count). The Morgan fingerprint density at radius 3 is 1.79 bits per heavy atom. The Balaban J connectivity index is 1.28. The van der Waals surface area contributed by atoms with Crippen LogP contribution in [0.3, 0.4) is 0 Å². The van der Waals surface area contributed by atoms with Crippen LogP contribution in [-0.4, -0.2) is 0 Å². The van der Waals surface area contributed by atoms with Crippen LogP contribution in [0.1, 0.15) is 2.74 Å². The number of hydrogen-bond donors (Lipinski definition) is 0. The minimum Gasteiger partial charge on any atom is -0.456 e. The van der Waals surface area contributed by atoms with Crippen LogP contribution in [0, 0.1) is 0 Å². The highest BCUT2D eigenvalue weighted by Crippen LogP contribution is 2.46. The predicted molar refractivity (Wildman–Crippen MR) is 183 cm³/mol. The molecule has 0 saturated carbocycles. The van der Waals surface area contributed by atoms with E-state index in [0.717, 1.165) is 54.9 Å². The van der Waals surface area contributed by atoms with Gasteiger partial charge in [-0.2, -0.15) is 0 Å². The molecule has 43 heavy (non-hydrogen) atoms. The first kappa shape index (κ1) is 22.0. The fourth-order valence-corrected chi connectivity index (χ4v) is 6.77. The SMILES string of the molecule is [2H]c1ccc2cc(-c3ccc(-c4c5ccccc5c(-c5ccc([2H])c6oc7ccccc7c56)c5ccccc45)cc3)ccc2c1. The van der Waals surface area contributed by atoms with Crippen LogP contribution < -0.4 is 0 Å². The number of furan rings is 1. The Kier molecular flexibility index (Phi) is 4.83. The first-order chi connectivity index (χ1) is 22.1. The maximum absolute atomic E-state index is 8.65. The van der Waals surface area contributed by atoms with E-state index < -0.39 is 0 Å². The smallest absolute Gasteiger partial charge is 0.136 e. The fraction of sp³-hybridized carbons (Fsp3) is 0. The maximum Gasteiger partial charge on any atom is 0.136 e. The zero-order chi connectivity index (χ0) is 30.1. The lowest BCUT2D eigenvalue weighted by Crippen LogP contribution is -1.91. The van der Waals surface area contributed by atoms with E-state index in [1.54, 1.807) is 0 Å². The van der Waals surface area contributed by atoms with E-state index in [0.29, 0.717) is 17.7 Å². The molecule has 1 heterocycles. The van der Waals surface area contributed by atoms with E-state index in [1.807, 2.05) is 42.5 Å². The molecule has 0 radical (unpaired) electrons. The van der Waals surface area contributed by atoms with Crippen LogP contribution in [0.4, 0.5) is 0 Å². The molecule has 0 spiro atoms. The summed E-state index contributed by atoms with van der Waals surface area (Å²) in [5, 5.41) is 8.94. The van der Waals surface area contributed by atoms with E-state index in [4.69, 9.17) is 7.16 Å². The normalized spacial score (nSPS) is 12.4. The molecule has 1 aromatic heterocycles. The van der Waals surface area contributed by atoms with Crippen molar-refractivity contribution in [2.24, 2.45) is 0 Å². The van der Waals surface area contributed by atoms with Gasteiger partial charge in [0.2, 0.25) is 0 Å². The number of hydrogen-bond acceptors (Lipinski definition) is 1. The quantitative estimate of drug-likeness (QED) is 0.200. The average molecular weight is 549 g/mol. The van der Waals surface area contributed by atoms with Crippen molar-refractivity contribution in [1.29, 1.82) is 0 Å². The van der Waals surface area contributed by atoms with E-state index in [9.17, 15) is 0 Å². The van der Waals surface area contributed by atoms with Crippen molar-refractivity contribution >= 4 is 54.3 Å². The van der Waals surface area contributed by atoms with E-state index in [1.165, 1.54) is 27.1 Å². The molecule has 8 aromatic carbocycles. The molecule has 1 heteroatoms. The van der Waals surface area contributed by atoms with Gasteiger partial charge in [0.15, 0.2) is 0 Å². The fourth-order valence-electron chi connectivity index (χ4n) is 6.77. The summed E-state index contributed by atoms with van der Waals surface area (Å²) in [5.74, 6) is 0. The van der Waals surface area contributed by atoms with Gasteiger partial charge in [-0.1, -0.05) is 140 Å². The van der Waals surface area contributed by atoms with Crippen molar-refractivity contribution in [3.63, 3.8) is 0 Å². The summed E-state index contributed by atoms with van der Waals surface area (Å²) in [6.07, 6.45) is 0. The molecule has 1 nitrogen and oxygen atoms in total. The molecule has 0 N–H and O–H groups in total. The molecule has 0 aliphatic rings. The van der Waals surface area contributed by atoms with Gasteiger partial charge in [-0.15, -0.1) is 0 Å². The summed E-state index contributed by atoms with van der Waals surface area (Å²) in [6, 6.07) is 51.4. The Labute approximate surface area is 252 Å². The van der Waals surface area contributed by atoms with Gasteiger partial charge in [-0.3, -0.25) is 0 Å². The second-order valence-electron chi connectivity index (χ2n) is 11.1. The van der Waals surface area contributed by atoms with Crippen LogP contribution >= 0.6 is 0 Å². The molecule has 0 fully saturated rings. The van der Waals surface area contributed by atoms with Gasteiger partial charge in [0.1, 0.15) is 11.2 Å². The van der Waals surface area contributed by atoms with E-state index in [2.05, 4.69) is 103 Å². The third kappa shape index (κ3) is 3.72. The molecule has 9 aromatic rings. The lowest BCUT2D eigenvalue weighted by Gasteiger charge is -2.18. The second kappa shape index (κ2) is 9.44. The number of benzene rings is 8. The minimum absolute atomic E-state index is 0.392. The maximum atomic E-state index is 8.65. The van der Waals surface area contributed by atoms with E-state index >= 15 is 0 Å². The van der Waals surface area contributed by atoms with Crippen LogP contribution in [-0.2, 0) is 0 Å². The first-order valence-corrected chi connectivity index (χ1v) is 14.6. The van der Waals surface area contributed by atoms with Gasteiger partial charge >= 0.3 is 0 Å². The number of rotatable bonds is 3. The summed E-state index contributed by atoms with van der Waals surface area (Å²) < 4.78 is 22.8. The Morgan fingerprint density at radius 2 is 1.05 bits per heavy atom. The molecule has 0 atom stereocenters. The van der Waals surface area contributed by atoms with E-state index in [-0.39, 0.29) is 0 Å². The Bertz CT molecular complexity index is 2550.